The first-order valence-corrected chi connectivity index (χ1v) is 5.68. The van der Waals surface area contributed by atoms with E-state index in [1.165, 1.54) is 12.5 Å². The Kier molecular flexibility index (Phi) is 2.85. The van der Waals surface area contributed by atoms with Crippen molar-refractivity contribution in [3.63, 3.8) is 0 Å². The van der Waals surface area contributed by atoms with Crippen LogP contribution in [0.25, 0.3) is 11.6 Å². The maximum absolute atomic E-state index is 13.7. The molecule has 1 radical (unpaired) electrons. The summed E-state index contributed by atoms with van der Waals surface area (Å²) in [5.74, 6) is -9.68. The SMILES string of the molecule is Fc1c(F)c(F)c(C2=Cc3ccccc3[CH]2)c(F)c1F. The molecule has 0 atom stereocenters. The van der Waals surface area contributed by atoms with E-state index in [1.807, 2.05) is 0 Å². The van der Waals surface area contributed by atoms with Crippen molar-refractivity contribution in [3.8, 4) is 0 Å². The van der Waals surface area contributed by atoms with Crippen LogP contribution in [0.1, 0.15) is 16.7 Å². The molecule has 0 aromatic heterocycles. The third kappa shape index (κ3) is 1.73. The summed E-state index contributed by atoms with van der Waals surface area (Å²) in [5, 5.41) is 0. The van der Waals surface area contributed by atoms with Gasteiger partial charge in [0.2, 0.25) is 5.82 Å². The molecular formula is C15H6F5. The lowest BCUT2D eigenvalue weighted by Gasteiger charge is -2.08. The summed E-state index contributed by atoms with van der Waals surface area (Å²) in [6, 6.07) is 6.80. The van der Waals surface area contributed by atoms with E-state index in [0.717, 1.165) is 0 Å². The van der Waals surface area contributed by atoms with E-state index < -0.39 is 34.6 Å². The van der Waals surface area contributed by atoms with Crippen LogP contribution in [0.2, 0.25) is 0 Å². The molecular weight excluding hydrogens is 275 g/mol. The molecule has 0 spiro atoms. The van der Waals surface area contributed by atoms with Gasteiger partial charge in [-0.05, 0) is 22.8 Å². The predicted molar refractivity (Wildman–Crippen MR) is 63.9 cm³/mol. The maximum Gasteiger partial charge on any atom is 0.200 e. The molecule has 2 aromatic carbocycles. The van der Waals surface area contributed by atoms with Crippen molar-refractivity contribution in [1.82, 2.24) is 0 Å². The molecule has 0 fully saturated rings. The van der Waals surface area contributed by atoms with Gasteiger partial charge in [0.05, 0.1) is 5.56 Å². The highest BCUT2D eigenvalue weighted by Gasteiger charge is 2.29. The summed E-state index contributed by atoms with van der Waals surface area (Å²) in [5.41, 5.74) is 0.370. The van der Waals surface area contributed by atoms with Gasteiger partial charge >= 0.3 is 0 Å². The Morgan fingerprint density at radius 2 is 1.10 bits per heavy atom. The lowest BCUT2D eigenvalue weighted by atomic mass is 10.0. The largest absolute Gasteiger partial charge is 0.203 e. The zero-order valence-electron chi connectivity index (χ0n) is 9.85. The van der Waals surface area contributed by atoms with E-state index in [-0.39, 0.29) is 5.57 Å². The van der Waals surface area contributed by atoms with E-state index in [0.29, 0.717) is 11.1 Å². The Balaban J connectivity index is 2.19. The average molecular weight is 281 g/mol. The van der Waals surface area contributed by atoms with E-state index in [2.05, 4.69) is 0 Å². The zero-order valence-corrected chi connectivity index (χ0v) is 9.85. The molecule has 5 heteroatoms. The normalized spacial score (nSPS) is 13.3. The van der Waals surface area contributed by atoms with Crippen molar-refractivity contribution >= 4 is 11.6 Å². The predicted octanol–water partition coefficient (Wildman–Crippen LogP) is 4.49. The highest BCUT2D eigenvalue weighted by molar-refractivity contribution is 5.94. The summed E-state index contributed by atoms with van der Waals surface area (Å²) in [4.78, 5) is 0. The van der Waals surface area contributed by atoms with Gasteiger partial charge in [0.25, 0.3) is 0 Å². The van der Waals surface area contributed by atoms with E-state index in [9.17, 15) is 22.0 Å². The first kappa shape index (κ1) is 12.8. The minimum atomic E-state index is -2.15. The molecule has 1 aliphatic carbocycles. The fraction of sp³-hybridized carbons (Fsp3) is 0. The molecule has 0 bridgehead atoms. The van der Waals surface area contributed by atoms with Crippen LogP contribution in [0, 0.1) is 35.5 Å². The molecule has 0 heterocycles. The summed E-state index contributed by atoms with van der Waals surface area (Å²) in [6.07, 6.45) is 2.77. The topological polar surface area (TPSA) is 0 Å². The van der Waals surface area contributed by atoms with Crippen LogP contribution in [0.5, 0.6) is 0 Å². The molecule has 0 saturated carbocycles. The monoisotopic (exact) mass is 281 g/mol. The molecule has 0 amide bonds. The number of hydrogen-bond donors (Lipinski definition) is 0. The fourth-order valence-corrected chi connectivity index (χ4v) is 2.15. The minimum absolute atomic E-state index is 0.0426. The number of halogens is 5. The first-order chi connectivity index (χ1) is 9.50. The zero-order chi connectivity index (χ0) is 14.4. The van der Waals surface area contributed by atoms with Gasteiger partial charge < -0.3 is 0 Å². The maximum atomic E-state index is 13.7. The van der Waals surface area contributed by atoms with E-state index >= 15 is 0 Å². The lowest BCUT2D eigenvalue weighted by molar-refractivity contribution is 0.376. The van der Waals surface area contributed by atoms with Gasteiger partial charge in [0, 0.05) is 6.42 Å². The first-order valence-electron chi connectivity index (χ1n) is 5.68. The third-order valence-corrected chi connectivity index (χ3v) is 3.12. The van der Waals surface area contributed by atoms with Gasteiger partial charge in [-0.2, -0.15) is 0 Å². The average Bonchev–Trinajstić information content (AvgIpc) is 2.86. The van der Waals surface area contributed by atoms with Crippen LogP contribution in [0.15, 0.2) is 24.3 Å². The summed E-state index contributed by atoms with van der Waals surface area (Å²) < 4.78 is 66.7. The summed E-state index contributed by atoms with van der Waals surface area (Å²) in [6.45, 7) is 0. The van der Waals surface area contributed by atoms with Crippen molar-refractivity contribution in [2.24, 2.45) is 0 Å². The number of rotatable bonds is 1. The standard InChI is InChI=1S/C15H6F5/c16-11-10(12(17)14(19)15(20)13(11)18)9-5-7-3-1-2-4-8(7)6-9/h1-6H. The van der Waals surface area contributed by atoms with Gasteiger partial charge in [0.15, 0.2) is 23.3 Å². The second-order valence-corrected chi connectivity index (χ2v) is 4.32. The third-order valence-electron chi connectivity index (χ3n) is 3.12. The molecule has 1 aliphatic rings. The van der Waals surface area contributed by atoms with Crippen LogP contribution >= 0.6 is 0 Å². The Bertz CT molecular complexity index is 717. The smallest absolute Gasteiger partial charge is 0.200 e. The molecule has 0 N–H and O–H groups in total. The second-order valence-electron chi connectivity index (χ2n) is 4.32. The van der Waals surface area contributed by atoms with E-state index in [1.54, 1.807) is 24.3 Å². The molecule has 0 unspecified atom stereocenters. The Morgan fingerprint density at radius 1 is 0.600 bits per heavy atom. The minimum Gasteiger partial charge on any atom is -0.203 e. The molecule has 101 valence electrons. The summed E-state index contributed by atoms with van der Waals surface area (Å²) >= 11 is 0. The Labute approximate surface area is 111 Å². The van der Waals surface area contributed by atoms with Gasteiger partial charge in [0.1, 0.15) is 0 Å². The van der Waals surface area contributed by atoms with Crippen molar-refractivity contribution in [2.45, 2.75) is 0 Å². The number of hydrogen-bond acceptors (Lipinski definition) is 0. The molecule has 0 nitrogen and oxygen atoms in total. The number of benzene rings is 2. The van der Waals surface area contributed by atoms with Crippen molar-refractivity contribution in [1.29, 1.82) is 0 Å². The van der Waals surface area contributed by atoms with Crippen molar-refractivity contribution < 1.29 is 22.0 Å². The Hall–Kier alpha value is -2.17. The van der Waals surface area contributed by atoms with Crippen molar-refractivity contribution in [2.75, 3.05) is 0 Å². The summed E-state index contributed by atoms with van der Waals surface area (Å²) in [7, 11) is 0. The van der Waals surface area contributed by atoms with Gasteiger partial charge in [-0.25, -0.2) is 22.0 Å². The molecule has 0 aliphatic heterocycles. The van der Waals surface area contributed by atoms with Crippen LogP contribution in [-0.4, -0.2) is 0 Å². The number of allylic oxidation sites excluding steroid dienone is 1. The number of fused-ring (bicyclic) bond motifs is 1. The molecule has 20 heavy (non-hydrogen) atoms. The second kappa shape index (κ2) is 4.44. The van der Waals surface area contributed by atoms with Crippen LogP contribution in [-0.2, 0) is 0 Å². The van der Waals surface area contributed by atoms with Gasteiger partial charge in [-0.1, -0.05) is 24.3 Å². The quantitative estimate of drug-likeness (QED) is 0.410. The van der Waals surface area contributed by atoms with Crippen LogP contribution in [0.3, 0.4) is 0 Å². The van der Waals surface area contributed by atoms with E-state index in [4.69, 9.17) is 0 Å². The Morgan fingerprint density at radius 3 is 1.65 bits per heavy atom. The molecule has 2 aromatic rings. The van der Waals surface area contributed by atoms with Crippen molar-refractivity contribution in [3.05, 3.63) is 76.5 Å². The van der Waals surface area contributed by atoms with Crippen LogP contribution in [0.4, 0.5) is 22.0 Å². The molecule has 0 saturated heterocycles. The van der Waals surface area contributed by atoms with Gasteiger partial charge in [-0.3, -0.25) is 0 Å². The highest BCUT2D eigenvalue weighted by atomic mass is 19.2. The lowest BCUT2D eigenvalue weighted by Crippen LogP contribution is -2.06. The van der Waals surface area contributed by atoms with Crippen LogP contribution < -0.4 is 0 Å². The molecule has 3 rings (SSSR count). The highest BCUT2D eigenvalue weighted by Crippen LogP contribution is 2.37. The fourth-order valence-electron chi connectivity index (χ4n) is 2.15. The van der Waals surface area contributed by atoms with Gasteiger partial charge in [-0.15, -0.1) is 0 Å².